The van der Waals surface area contributed by atoms with E-state index in [1.54, 1.807) is 12.1 Å². The largest absolute Gasteiger partial charge is 0.508 e. The van der Waals surface area contributed by atoms with Crippen molar-refractivity contribution >= 4 is 22.4 Å². The second kappa shape index (κ2) is 4.87. The summed E-state index contributed by atoms with van der Waals surface area (Å²) in [5.74, 6) is 0.207. The van der Waals surface area contributed by atoms with Crippen molar-refractivity contribution in [1.29, 1.82) is 0 Å². The van der Waals surface area contributed by atoms with E-state index in [1.165, 1.54) is 0 Å². The Morgan fingerprint density at radius 1 is 1.29 bits per heavy atom. The van der Waals surface area contributed by atoms with Gasteiger partial charge in [-0.2, -0.15) is 0 Å². The van der Waals surface area contributed by atoms with Crippen LogP contribution in [0, 0.1) is 0 Å². The summed E-state index contributed by atoms with van der Waals surface area (Å²) in [6.45, 7) is 1.97. The molecule has 0 aliphatic rings. The number of carbonyl (C=O) groups is 1. The van der Waals surface area contributed by atoms with Crippen LogP contribution in [0.25, 0.3) is 10.8 Å². The second-order valence-corrected chi connectivity index (χ2v) is 4.01. The molecule has 0 saturated carbocycles. The van der Waals surface area contributed by atoms with E-state index in [-0.39, 0.29) is 11.7 Å². The lowest BCUT2D eigenvalue weighted by Gasteiger charge is -2.08. The number of aromatic hydroxyl groups is 1. The quantitative estimate of drug-likeness (QED) is 0.848. The van der Waals surface area contributed by atoms with Gasteiger partial charge in [-0.15, -0.1) is 0 Å². The molecule has 2 rings (SSSR count). The number of amides is 1. The molecule has 2 aromatic rings. The highest BCUT2D eigenvalue weighted by atomic mass is 16.3. The molecule has 88 valence electrons. The molecule has 3 nitrogen and oxygen atoms in total. The van der Waals surface area contributed by atoms with E-state index >= 15 is 0 Å². The topological polar surface area (TPSA) is 49.3 Å². The minimum absolute atomic E-state index is 0.00310. The first-order valence-corrected chi connectivity index (χ1v) is 5.72. The highest BCUT2D eigenvalue weighted by Gasteiger charge is 2.05. The standard InChI is InChI=1S/C14H15NO2/c1-2-4-14(17)15-13-6-3-5-10-7-8-11(16)9-12(10)13/h3,5-9,16H,2,4H2,1H3,(H,15,17). The second-order valence-electron chi connectivity index (χ2n) is 4.01. The molecule has 0 aliphatic heterocycles. The molecule has 17 heavy (non-hydrogen) atoms. The number of rotatable bonds is 3. The molecule has 3 heteroatoms. The van der Waals surface area contributed by atoms with Gasteiger partial charge < -0.3 is 10.4 Å². The zero-order chi connectivity index (χ0) is 12.3. The van der Waals surface area contributed by atoms with Crippen LogP contribution in [-0.2, 0) is 4.79 Å². The molecular weight excluding hydrogens is 214 g/mol. The number of anilines is 1. The highest BCUT2D eigenvalue weighted by Crippen LogP contribution is 2.27. The number of fused-ring (bicyclic) bond motifs is 1. The van der Waals surface area contributed by atoms with Gasteiger partial charge in [-0.3, -0.25) is 4.79 Å². The van der Waals surface area contributed by atoms with Gasteiger partial charge >= 0.3 is 0 Å². The predicted octanol–water partition coefficient (Wildman–Crippen LogP) is 3.28. The van der Waals surface area contributed by atoms with Crippen LogP contribution in [0.1, 0.15) is 19.8 Å². The molecule has 0 aliphatic carbocycles. The number of phenolic OH excluding ortho intramolecular Hbond substituents is 1. The van der Waals surface area contributed by atoms with Gasteiger partial charge in [-0.25, -0.2) is 0 Å². The first kappa shape index (κ1) is 11.5. The van der Waals surface area contributed by atoms with Crippen LogP contribution >= 0.6 is 0 Å². The first-order chi connectivity index (χ1) is 8.20. The molecule has 0 spiro atoms. The van der Waals surface area contributed by atoms with Crippen molar-refractivity contribution < 1.29 is 9.90 Å². The van der Waals surface area contributed by atoms with Crippen molar-refractivity contribution in [3.05, 3.63) is 36.4 Å². The van der Waals surface area contributed by atoms with Crippen LogP contribution in [-0.4, -0.2) is 11.0 Å². The average molecular weight is 229 g/mol. The maximum Gasteiger partial charge on any atom is 0.224 e. The van der Waals surface area contributed by atoms with Gasteiger partial charge in [0, 0.05) is 17.5 Å². The lowest BCUT2D eigenvalue weighted by molar-refractivity contribution is -0.116. The first-order valence-electron chi connectivity index (χ1n) is 5.72. The number of carbonyl (C=O) groups excluding carboxylic acids is 1. The summed E-state index contributed by atoms with van der Waals surface area (Å²) in [6.07, 6.45) is 1.33. The maximum absolute atomic E-state index is 11.6. The molecular formula is C14H15NO2. The number of benzene rings is 2. The molecule has 0 atom stereocenters. The van der Waals surface area contributed by atoms with E-state index in [1.807, 2.05) is 31.2 Å². The summed E-state index contributed by atoms with van der Waals surface area (Å²) >= 11 is 0. The normalized spacial score (nSPS) is 10.4. The van der Waals surface area contributed by atoms with Crippen LogP contribution in [0.15, 0.2) is 36.4 Å². The molecule has 2 N–H and O–H groups in total. The lowest BCUT2D eigenvalue weighted by Crippen LogP contribution is -2.10. The van der Waals surface area contributed by atoms with E-state index in [0.717, 1.165) is 22.9 Å². The third-order valence-corrected chi connectivity index (χ3v) is 2.62. The number of phenols is 1. The fourth-order valence-corrected chi connectivity index (χ4v) is 1.81. The van der Waals surface area contributed by atoms with Crippen molar-refractivity contribution in [2.75, 3.05) is 5.32 Å². The third-order valence-electron chi connectivity index (χ3n) is 2.62. The Labute approximate surface area is 100 Å². The molecule has 0 saturated heterocycles. The van der Waals surface area contributed by atoms with Crippen molar-refractivity contribution in [3.63, 3.8) is 0 Å². The Kier molecular flexibility index (Phi) is 3.28. The zero-order valence-electron chi connectivity index (χ0n) is 9.73. The molecule has 0 unspecified atom stereocenters. The fourth-order valence-electron chi connectivity index (χ4n) is 1.81. The van der Waals surface area contributed by atoms with Crippen molar-refractivity contribution in [1.82, 2.24) is 0 Å². The number of nitrogens with one attached hydrogen (secondary N) is 1. The SMILES string of the molecule is CCCC(=O)Nc1cccc2ccc(O)cc12. The molecule has 0 radical (unpaired) electrons. The van der Waals surface area contributed by atoms with Gasteiger partial charge in [-0.1, -0.05) is 25.1 Å². The van der Waals surface area contributed by atoms with Gasteiger partial charge in [0.2, 0.25) is 5.91 Å². The van der Waals surface area contributed by atoms with Gasteiger partial charge in [-0.05, 0) is 30.0 Å². The Morgan fingerprint density at radius 2 is 2.12 bits per heavy atom. The summed E-state index contributed by atoms with van der Waals surface area (Å²) in [6, 6.07) is 10.8. The van der Waals surface area contributed by atoms with Gasteiger partial charge in [0.25, 0.3) is 0 Å². The molecule has 1 amide bonds. The van der Waals surface area contributed by atoms with E-state index < -0.39 is 0 Å². The lowest BCUT2D eigenvalue weighted by atomic mass is 10.1. The third kappa shape index (κ3) is 2.56. The molecule has 0 fully saturated rings. The van der Waals surface area contributed by atoms with Gasteiger partial charge in [0.15, 0.2) is 0 Å². The van der Waals surface area contributed by atoms with Gasteiger partial charge in [0.05, 0.1) is 0 Å². The smallest absolute Gasteiger partial charge is 0.224 e. The minimum Gasteiger partial charge on any atom is -0.508 e. The van der Waals surface area contributed by atoms with E-state index in [0.29, 0.717) is 6.42 Å². The van der Waals surface area contributed by atoms with E-state index in [9.17, 15) is 9.90 Å². The van der Waals surface area contributed by atoms with Crippen molar-refractivity contribution in [2.24, 2.45) is 0 Å². The minimum atomic E-state index is 0.00310. The van der Waals surface area contributed by atoms with Gasteiger partial charge in [0.1, 0.15) is 5.75 Å². The monoisotopic (exact) mass is 229 g/mol. The Balaban J connectivity index is 2.39. The van der Waals surface area contributed by atoms with Crippen LogP contribution < -0.4 is 5.32 Å². The Hall–Kier alpha value is -2.03. The fraction of sp³-hybridized carbons (Fsp3) is 0.214. The van der Waals surface area contributed by atoms with Crippen LogP contribution in [0.4, 0.5) is 5.69 Å². The summed E-state index contributed by atoms with van der Waals surface area (Å²) in [5.41, 5.74) is 0.747. The zero-order valence-corrected chi connectivity index (χ0v) is 9.73. The molecule has 0 heterocycles. The van der Waals surface area contributed by atoms with Crippen LogP contribution in [0.3, 0.4) is 0 Å². The average Bonchev–Trinajstić information content (AvgIpc) is 2.30. The van der Waals surface area contributed by atoms with E-state index in [4.69, 9.17) is 0 Å². The van der Waals surface area contributed by atoms with Crippen molar-refractivity contribution in [2.45, 2.75) is 19.8 Å². The summed E-state index contributed by atoms with van der Waals surface area (Å²) in [7, 11) is 0. The highest BCUT2D eigenvalue weighted by molar-refractivity contribution is 6.02. The van der Waals surface area contributed by atoms with Crippen molar-refractivity contribution in [3.8, 4) is 5.75 Å². The molecule has 0 bridgehead atoms. The van der Waals surface area contributed by atoms with Crippen LogP contribution in [0.5, 0.6) is 5.75 Å². The summed E-state index contributed by atoms with van der Waals surface area (Å²) in [5, 5.41) is 14.2. The number of hydrogen-bond donors (Lipinski definition) is 2. The Morgan fingerprint density at radius 3 is 2.88 bits per heavy atom. The summed E-state index contributed by atoms with van der Waals surface area (Å²) < 4.78 is 0. The summed E-state index contributed by atoms with van der Waals surface area (Å²) in [4.78, 5) is 11.6. The molecule has 2 aromatic carbocycles. The Bertz CT molecular complexity index is 549. The predicted molar refractivity (Wildman–Crippen MR) is 69.2 cm³/mol. The number of hydrogen-bond acceptors (Lipinski definition) is 2. The van der Waals surface area contributed by atoms with Crippen LogP contribution in [0.2, 0.25) is 0 Å². The molecule has 0 aromatic heterocycles. The van der Waals surface area contributed by atoms with E-state index in [2.05, 4.69) is 5.32 Å². The maximum atomic E-state index is 11.6.